The van der Waals surface area contributed by atoms with Crippen LogP contribution < -0.4 is 15.4 Å². The van der Waals surface area contributed by atoms with Crippen LogP contribution in [0.5, 0.6) is 5.88 Å². The van der Waals surface area contributed by atoms with Crippen LogP contribution in [0.1, 0.15) is 73.8 Å². The summed E-state index contributed by atoms with van der Waals surface area (Å²) in [6, 6.07) is 2.94. The van der Waals surface area contributed by atoms with Gasteiger partial charge in [-0.05, 0) is 37.8 Å². The molecule has 0 spiro atoms. The molecule has 0 bridgehead atoms. The number of hydrogen-bond acceptors (Lipinski definition) is 5. The van der Waals surface area contributed by atoms with Gasteiger partial charge in [0.2, 0.25) is 11.8 Å². The number of imidazole rings is 1. The van der Waals surface area contributed by atoms with E-state index in [1.54, 1.807) is 20.8 Å². The lowest BCUT2D eigenvalue weighted by atomic mass is 9.85. The molecule has 246 valence electrons. The third kappa shape index (κ3) is 8.03. The van der Waals surface area contributed by atoms with Gasteiger partial charge in [-0.25, -0.2) is 22.5 Å². The Bertz CT molecular complexity index is 1560. The Labute approximate surface area is 254 Å². The second kappa shape index (κ2) is 13.2. The standard InChI is InChI=1S/C30H34F7N5O3/c1-29(2,3)28(44)38-13-15-5-10-20(31)18(24(15)34)12-23-40-21-11-19(27(45-14-22(32)33)41-25(21)42(23)4)26(43)39-17-8-6-16(7-9-17)30(35,36)37/h5,10-11,16-17,22H,6-9,12-14H2,1-4H3,(H,38,44)(H,39,43). The molecule has 0 radical (unpaired) electrons. The molecule has 45 heavy (non-hydrogen) atoms. The molecule has 0 saturated heterocycles. The van der Waals surface area contributed by atoms with E-state index in [2.05, 4.69) is 20.6 Å². The lowest BCUT2D eigenvalue weighted by Crippen LogP contribution is -2.40. The summed E-state index contributed by atoms with van der Waals surface area (Å²) in [6.07, 6.45) is -7.77. The average Bonchev–Trinajstić information content (AvgIpc) is 3.26. The van der Waals surface area contributed by atoms with Crippen molar-refractivity contribution in [1.82, 2.24) is 25.2 Å². The summed E-state index contributed by atoms with van der Waals surface area (Å²) in [5, 5.41) is 5.25. The highest BCUT2D eigenvalue weighted by Gasteiger charge is 2.41. The topological polar surface area (TPSA) is 98.1 Å². The van der Waals surface area contributed by atoms with Gasteiger partial charge in [-0.15, -0.1) is 0 Å². The van der Waals surface area contributed by atoms with E-state index >= 15 is 4.39 Å². The monoisotopic (exact) mass is 645 g/mol. The Hall–Kier alpha value is -3.91. The van der Waals surface area contributed by atoms with Crippen LogP contribution >= 0.6 is 0 Å². The number of halogens is 7. The molecule has 3 aromatic rings. The zero-order chi connectivity index (χ0) is 33.3. The van der Waals surface area contributed by atoms with Crippen LogP contribution in [0.4, 0.5) is 30.7 Å². The maximum atomic E-state index is 15.4. The minimum absolute atomic E-state index is 0.0480. The third-order valence-corrected chi connectivity index (χ3v) is 7.74. The Morgan fingerprint density at radius 1 is 1.07 bits per heavy atom. The molecule has 4 rings (SSSR count). The summed E-state index contributed by atoms with van der Waals surface area (Å²) < 4.78 is 102. The van der Waals surface area contributed by atoms with E-state index in [9.17, 15) is 35.9 Å². The van der Waals surface area contributed by atoms with Gasteiger partial charge < -0.3 is 19.9 Å². The number of nitrogens with zero attached hydrogens (tertiary/aromatic N) is 3. The first-order chi connectivity index (χ1) is 21.0. The van der Waals surface area contributed by atoms with Crippen molar-refractivity contribution >= 4 is 23.0 Å². The number of amides is 2. The molecule has 2 amide bonds. The van der Waals surface area contributed by atoms with Gasteiger partial charge in [0.1, 0.15) is 28.5 Å². The lowest BCUT2D eigenvalue weighted by molar-refractivity contribution is -0.182. The fourth-order valence-electron chi connectivity index (χ4n) is 5.09. The van der Waals surface area contributed by atoms with E-state index in [1.165, 1.54) is 23.7 Å². The first-order valence-electron chi connectivity index (χ1n) is 14.3. The Balaban J connectivity index is 1.61. The highest BCUT2D eigenvalue weighted by Crippen LogP contribution is 2.37. The average molecular weight is 646 g/mol. The number of fused-ring (bicyclic) bond motifs is 1. The molecule has 8 nitrogen and oxygen atoms in total. The zero-order valence-corrected chi connectivity index (χ0v) is 25.1. The summed E-state index contributed by atoms with van der Waals surface area (Å²) in [5.74, 6) is -4.66. The number of nitrogens with one attached hydrogen (secondary N) is 2. The summed E-state index contributed by atoms with van der Waals surface area (Å²) >= 11 is 0. The molecule has 1 aromatic carbocycles. The Morgan fingerprint density at radius 3 is 2.33 bits per heavy atom. The smallest absolute Gasteiger partial charge is 0.391 e. The number of carbonyl (C=O) groups excluding carboxylic acids is 2. The van der Waals surface area contributed by atoms with Crippen LogP contribution in [0, 0.1) is 23.0 Å². The first kappa shape index (κ1) is 34.0. The molecular weight excluding hydrogens is 611 g/mol. The van der Waals surface area contributed by atoms with E-state index in [1.807, 2.05) is 0 Å². The quantitative estimate of drug-likeness (QED) is 0.279. The van der Waals surface area contributed by atoms with Crippen molar-refractivity contribution in [2.24, 2.45) is 18.4 Å². The van der Waals surface area contributed by atoms with E-state index in [-0.39, 0.29) is 78.2 Å². The van der Waals surface area contributed by atoms with Gasteiger partial charge in [0.15, 0.2) is 12.3 Å². The second-order valence-corrected chi connectivity index (χ2v) is 12.1. The van der Waals surface area contributed by atoms with Crippen LogP contribution in [0.25, 0.3) is 11.2 Å². The minimum atomic E-state index is -4.33. The van der Waals surface area contributed by atoms with Crippen molar-refractivity contribution in [2.75, 3.05) is 6.61 Å². The van der Waals surface area contributed by atoms with Crippen molar-refractivity contribution in [3.05, 3.63) is 52.3 Å². The number of benzene rings is 1. The molecule has 2 N–H and O–H groups in total. The van der Waals surface area contributed by atoms with Crippen LogP contribution in [-0.2, 0) is 24.8 Å². The first-order valence-corrected chi connectivity index (χ1v) is 14.3. The van der Waals surface area contributed by atoms with Gasteiger partial charge in [-0.2, -0.15) is 18.2 Å². The molecule has 1 aliphatic carbocycles. The third-order valence-electron chi connectivity index (χ3n) is 7.74. The number of alkyl halides is 5. The number of rotatable bonds is 9. The van der Waals surface area contributed by atoms with Gasteiger partial charge in [-0.3, -0.25) is 9.59 Å². The number of aryl methyl sites for hydroxylation is 1. The van der Waals surface area contributed by atoms with Crippen molar-refractivity contribution < 1.29 is 45.1 Å². The SMILES string of the molecule is Cn1c(Cc2c(F)ccc(CNC(=O)C(C)(C)C)c2F)nc2cc(C(=O)NC3CCC(C(F)(F)F)CC3)c(OCC(F)F)nc21. The van der Waals surface area contributed by atoms with E-state index in [0.717, 1.165) is 6.07 Å². The van der Waals surface area contributed by atoms with Gasteiger partial charge >= 0.3 is 6.18 Å². The predicted molar refractivity (Wildman–Crippen MR) is 150 cm³/mol. The van der Waals surface area contributed by atoms with Crippen molar-refractivity contribution in [3.8, 4) is 5.88 Å². The fraction of sp³-hybridized carbons (Fsp3) is 0.533. The van der Waals surface area contributed by atoms with E-state index < -0.39 is 60.0 Å². The highest BCUT2D eigenvalue weighted by molar-refractivity contribution is 5.99. The van der Waals surface area contributed by atoms with Crippen molar-refractivity contribution in [2.45, 2.75) is 78.1 Å². The van der Waals surface area contributed by atoms with Crippen molar-refractivity contribution in [1.29, 1.82) is 0 Å². The molecule has 1 saturated carbocycles. The van der Waals surface area contributed by atoms with Gasteiger partial charge in [-0.1, -0.05) is 26.8 Å². The van der Waals surface area contributed by atoms with E-state index in [0.29, 0.717) is 0 Å². The maximum absolute atomic E-state index is 15.4. The molecule has 0 unspecified atom stereocenters. The molecule has 1 fully saturated rings. The zero-order valence-electron chi connectivity index (χ0n) is 25.1. The van der Waals surface area contributed by atoms with Gasteiger partial charge in [0.05, 0.1) is 5.92 Å². The maximum Gasteiger partial charge on any atom is 0.391 e. The Kier molecular flexibility index (Phi) is 9.98. The fourth-order valence-corrected chi connectivity index (χ4v) is 5.09. The van der Waals surface area contributed by atoms with Crippen LogP contribution in [0.2, 0.25) is 0 Å². The molecule has 1 aliphatic rings. The van der Waals surface area contributed by atoms with Gasteiger partial charge in [0, 0.05) is 42.6 Å². The van der Waals surface area contributed by atoms with Gasteiger partial charge in [0.25, 0.3) is 12.3 Å². The number of pyridine rings is 1. The minimum Gasteiger partial charge on any atom is -0.471 e. The molecule has 2 heterocycles. The number of ether oxygens (including phenoxy) is 1. The lowest BCUT2D eigenvalue weighted by Gasteiger charge is -2.30. The molecule has 15 heteroatoms. The molecule has 2 aromatic heterocycles. The summed E-state index contributed by atoms with van der Waals surface area (Å²) in [5.41, 5.74) is -1.10. The number of hydrogen-bond donors (Lipinski definition) is 2. The van der Waals surface area contributed by atoms with Crippen LogP contribution in [-0.4, -0.2) is 51.6 Å². The normalized spacial score (nSPS) is 17.5. The Morgan fingerprint density at radius 2 is 1.73 bits per heavy atom. The second-order valence-electron chi connectivity index (χ2n) is 12.1. The summed E-state index contributed by atoms with van der Waals surface area (Å²) in [7, 11) is 1.48. The van der Waals surface area contributed by atoms with Crippen LogP contribution in [0.15, 0.2) is 18.2 Å². The highest BCUT2D eigenvalue weighted by atomic mass is 19.4. The number of carbonyl (C=O) groups is 2. The van der Waals surface area contributed by atoms with Crippen LogP contribution in [0.3, 0.4) is 0 Å². The molecule has 0 atom stereocenters. The van der Waals surface area contributed by atoms with E-state index in [4.69, 9.17) is 4.74 Å². The predicted octanol–water partition coefficient (Wildman–Crippen LogP) is 5.99. The van der Waals surface area contributed by atoms with Crippen molar-refractivity contribution in [3.63, 3.8) is 0 Å². The largest absolute Gasteiger partial charge is 0.471 e. The molecule has 0 aliphatic heterocycles. The summed E-state index contributed by atoms with van der Waals surface area (Å²) in [4.78, 5) is 34.0. The summed E-state index contributed by atoms with van der Waals surface area (Å²) in [6.45, 7) is 3.80. The molecular formula is C30H34F7N5O3. The number of aromatic nitrogens is 3.